The first kappa shape index (κ1) is 20.4. The van der Waals surface area contributed by atoms with Crippen molar-refractivity contribution in [3.8, 4) is 0 Å². The number of halogens is 1. The molecule has 0 spiro atoms. The second kappa shape index (κ2) is 9.16. The summed E-state index contributed by atoms with van der Waals surface area (Å²) in [5.41, 5.74) is 0. The van der Waals surface area contributed by atoms with Gasteiger partial charge in [0.15, 0.2) is 9.84 Å². The fourth-order valence-corrected chi connectivity index (χ4v) is 5.12. The topological polar surface area (TPSA) is 92.3 Å². The predicted molar refractivity (Wildman–Crippen MR) is 102 cm³/mol. The molecule has 1 aromatic heterocycles. The maximum atomic E-state index is 13.0. The Hall–Kier alpha value is -1.90. The summed E-state index contributed by atoms with van der Waals surface area (Å²) in [7, 11) is -3.77. The van der Waals surface area contributed by atoms with Crippen LogP contribution in [0.5, 0.6) is 0 Å². The summed E-state index contributed by atoms with van der Waals surface area (Å²) < 4.78 is 26.0. The second-order valence-electron chi connectivity index (χ2n) is 5.47. The van der Waals surface area contributed by atoms with Crippen LogP contribution >= 0.6 is 22.9 Å². The van der Waals surface area contributed by atoms with Crippen LogP contribution in [0.25, 0.3) is 0 Å². The van der Waals surface area contributed by atoms with E-state index in [1.54, 1.807) is 17.5 Å². The average Bonchev–Trinajstić information content (AvgIpc) is 3.14. The van der Waals surface area contributed by atoms with Gasteiger partial charge in [0.05, 0.1) is 4.90 Å². The fourth-order valence-electron chi connectivity index (χ4n) is 2.21. The van der Waals surface area contributed by atoms with Crippen LogP contribution in [0, 0.1) is 0 Å². The zero-order chi connectivity index (χ0) is 19.2. The zero-order valence-electron chi connectivity index (χ0n) is 14.1. The van der Waals surface area contributed by atoms with Gasteiger partial charge in [-0.25, -0.2) is 8.42 Å². The molecule has 0 fully saturated rings. The SMILES string of the molecule is CCCNC(=O)C(=O)NC[C@@H](c1cccs1)S(=O)(=O)c1ccc(Cl)cc1. The van der Waals surface area contributed by atoms with Crippen molar-refractivity contribution in [1.82, 2.24) is 10.6 Å². The van der Waals surface area contributed by atoms with E-state index in [0.717, 1.165) is 0 Å². The van der Waals surface area contributed by atoms with Crippen LogP contribution in [0.2, 0.25) is 5.02 Å². The Bertz CT molecular complexity index is 849. The number of benzene rings is 1. The van der Waals surface area contributed by atoms with Gasteiger partial charge in [0, 0.05) is 23.0 Å². The lowest BCUT2D eigenvalue weighted by atomic mass is 10.3. The molecule has 2 amide bonds. The standard InChI is InChI=1S/C17H19ClN2O4S2/c1-2-9-19-16(21)17(22)20-11-15(14-4-3-10-25-14)26(23,24)13-7-5-12(18)6-8-13/h3-8,10,15H,2,9,11H2,1H3,(H,19,21)(H,20,22)/t15-/m0/s1. The molecule has 0 aliphatic heterocycles. The van der Waals surface area contributed by atoms with E-state index in [1.165, 1.54) is 35.6 Å². The summed E-state index contributed by atoms with van der Waals surface area (Å²) >= 11 is 7.10. The molecule has 2 N–H and O–H groups in total. The Kier molecular flexibility index (Phi) is 7.19. The van der Waals surface area contributed by atoms with E-state index >= 15 is 0 Å². The van der Waals surface area contributed by atoms with E-state index in [9.17, 15) is 18.0 Å². The van der Waals surface area contributed by atoms with E-state index in [0.29, 0.717) is 22.9 Å². The molecule has 1 aromatic carbocycles. The van der Waals surface area contributed by atoms with Crippen LogP contribution in [-0.2, 0) is 19.4 Å². The normalized spacial score (nSPS) is 12.4. The van der Waals surface area contributed by atoms with Gasteiger partial charge in [0.1, 0.15) is 5.25 Å². The largest absolute Gasteiger partial charge is 0.348 e. The number of amides is 2. The molecule has 0 unspecified atom stereocenters. The minimum atomic E-state index is -3.77. The molecule has 1 heterocycles. The van der Waals surface area contributed by atoms with Crippen LogP contribution in [-0.4, -0.2) is 33.3 Å². The van der Waals surface area contributed by atoms with Gasteiger partial charge in [-0.05, 0) is 42.1 Å². The highest BCUT2D eigenvalue weighted by atomic mass is 35.5. The molecule has 0 aliphatic carbocycles. The molecule has 2 rings (SSSR count). The zero-order valence-corrected chi connectivity index (χ0v) is 16.5. The molecule has 1 atom stereocenters. The average molecular weight is 415 g/mol. The number of hydrogen-bond acceptors (Lipinski definition) is 5. The molecule has 0 radical (unpaired) electrons. The van der Waals surface area contributed by atoms with Crippen LogP contribution in [0.15, 0.2) is 46.7 Å². The highest BCUT2D eigenvalue weighted by molar-refractivity contribution is 7.91. The van der Waals surface area contributed by atoms with Gasteiger partial charge in [-0.1, -0.05) is 24.6 Å². The summed E-state index contributed by atoms with van der Waals surface area (Å²) in [5.74, 6) is -1.63. The Morgan fingerprint density at radius 1 is 1.12 bits per heavy atom. The Morgan fingerprint density at radius 3 is 2.35 bits per heavy atom. The third-order valence-electron chi connectivity index (χ3n) is 3.57. The van der Waals surface area contributed by atoms with Gasteiger partial charge in [-0.3, -0.25) is 9.59 Å². The van der Waals surface area contributed by atoms with Crippen LogP contribution in [0.4, 0.5) is 0 Å². The Morgan fingerprint density at radius 2 is 1.77 bits per heavy atom. The van der Waals surface area contributed by atoms with E-state index in [-0.39, 0.29) is 11.4 Å². The molecular weight excluding hydrogens is 396 g/mol. The maximum Gasteiger partial charge on any atom is 0.309 e. The molecule has 140 valence electrons. The lowest BCUT2D eigenvalue weighted by molar-refractivity contribution is -0.139. The first-order valence-electron chi connectivity index (χ1n) is 7.95. The highest BCUT2D eigenvalue weighted by Crippen LogP contribution is 2.31. The first-order valence-corrected chi connectivity index (χ1v) is 10.8. The summed E-state index contributed by atoms with van der Waals surface area (Å²) in [6.07, 6.45) is 0.696. The third-order valence-corrected chi connectivity index (χ3v) is 7.05. The quantitative estimate of drug-likeness (QED) is 0.681. The number of thiophene rings is 1. The number of carbonyl (C=O) groups excluding carboxylic acids is 2. The summed E-state index contributed by atoms with van der Waals surface area (Å²) in [4.78, 5) is 24.3. The second-order valence-corrected chi connectivity index (χ2v) is 9.02. The van der Waals surface area contributed by atoms with Crippen molar-refractivity contribution in [1.29, 1.82) is 0 Å². The van der Waals surface area contributed by atoms with Crippen LogP contribution < -0.4 is 10.6 Å². The molecule has 0 bridgehead atoms. The van der Waals surface area contributed by atoms with Crippen molar-refractivity contribution in [2.24, 2.45) is 0 Å². The van der Waals surface area contributed by atoms with Crippen LogP contribution in [0.3, 0.4) is 0 Å². The van der Waals surface area contributed by atoms with E-state index in [4.69, 9.17) is 11.6 Å². The Labute approximate surface area is 161 Å². The summed E-state index contributed by atoms with van der Waals surface area (Å²) in [6.45, 7) is 2.04. The number of carbonyl (C=O) groups is 2. The third kappa shape index (κ3) is 5.06. The summed E-state index contributed by atoms with van der Waals surface area (Å²) in [6, 6.07) is 9.27. The molecule has 0 saturated carbocycles. The lowest BCUT2D eigenvalue weighted by Gasteiger charge is -2.17. The minimum Gasteiger partial charge on any atom is -0.348 e. The molecular formula is C17H19ClN2O4S2. The van der Waals surface area contributed by atoms with E-state index < -0.39 is 26.9 Å². The monoisotopic (exact) mass is 414 g/mol. The number of sulfone groups is 1. The number of nitrogens with one attached hydrogen (secondary N) is 2. The van der Waals surface area contributed by atoms with Crippen molar-refractivity contribution in [2.75, 3.05) is 13.1 Å². The van der Waals surface area contributed by atoms with Crippen LogP contribution in [0.1, 0.15) is 23.5 Å². The number of rotatable bonds is 7. The van der Waals surface area contributed by atoms with Gasteiger partial charge in [0.25, 0.3) is 0 Å². The van der Waals surface area contributed by atoms with Crippen molar-refractivity contribution in [3.63, 3.8) is 0 Å². The molecule has 26 heavy (non-hydrogen) atoms. The number of hydrogen-bond donors (Lipinski definition) is 2. The van der Waals surface area contributed by atoms with Gasteiger partial charge in [-0.2, -0.15) is 0 Å². The van der Waals surface area contributed by atoms with Crippen molar-refractivity contribution >= 4 is 44.6 Å². The molecule has 6 nitrogen and oxygen atoms in total. The van der Waals surface area contributed by atoms with Crippen molar-refractivity contribution in [3.05, 3.63) is 51.7 Å². The van der Waals surface area contributed by atoms with Gasteiger partial charge < -0.3 is 10.6 Å². The summed E-state index contributed by atoms with van der Waals surface area (Å²) in [5, 5.41) is 6.07. The Balaban J connectivity index is 2.21. The highest BCUT2D eigenvalue weighted by Gasteiger charge is 2.31. The van der Waals surface area contributed by atoms with Gasteiger partial charge in [0.2, 0.25) is 0 Å². The fraction of sp³-hybridized carbons (Fsp3) is 0.294. The first-order chi connectivity index (χ1) is 12.4. The minimum absolute atomic E-state index is 0.102. The molecule has 0 aliphatic rings. The molecule has 2 aromatic rings. The molecule has 9 heteroatoms. The smallest absolute Gasteiger partial charge is 0.309 e. The molecule has 0 saturated heterocycles. The van der Waals surface area contributed by atoms with Crippen molar-refractivity contribution < 1.29 is 18.0 Å². The maximum absolute atomic E-state index is 13.0. The predicted octanol–water partition coefficient (Wildman–Crippen LogP) is 2.56. The van der Waals surface area contributed by atoms with Crippen molar-refractivity contribution in [2.45, 2.75) is 23.5 Å². The van der Waals surface area contributed by atoms with Gasteiger partial charge >= 0.3 is 11.8 Å². The van der Waals surface area contributed by atoms with Gasteiger partial charge in [-0.15, -0.1) is 11.3 Å². The lowest BCUT2D eigenvalue weighted by Crippen LogP contribution is -2.42. The van der Waals surface area contributed by atoms with E-state index in [2.05, 4.69) is 10.6 Å². The van der Waals surface area contributed by atoms with E-state index in [1.807, 2.05) is 6.92 Å².